The first-order chi connectivity index (χ1) is 7.07. The lowest BCUT2D eigenvalue weighted by atomic mass is 9.92. The maximum Gasteiger partial charge on any atom is 0.0795 e. The van der Waals surface area contributed by atoms with E-state index in [-0.39, 0.29) is 0 Å². The van der Waals surface area contributed by atoms with Gasteiger partial charge >= 0.3 is 0 Å². The molecule has 1 saturated carbocycles. The van der Waals surface area contributed by atoms with Crippen molar-refractivity contribution >= 4 is 11.3 Å². The summed E-state index contributed by atoms with van der Waals surface area (Å²) in [6, 6.07) is 1.08. The topological polar surface area (TPSA) is 24.9 Å². The van der Waals surface area contributed by atoms with Crippen molar-refractivity contribution in [3.05, 3.63) is 16.6 Å². The highest BCUT2D eigenvalue weighted by Crippen LogP contribution is 2.37. The summed E-state index contributed by atoms with van der Waals surface area (Å²) in [5.74, 6) is 0. The third-order valence-corrected chi connectivity index (χ3v) is 3.95. The standard InChI is InChI=1S/C12H20N2S/c1-9(11-7-15-8-13-11)14-10-4-5-12(2,3)6-10/h7-10,14H,4-6H2,1-3H3. The van der Waals surface area contributed by atoms with Crippen LogP contribution >= 0.6 is 11.3 Å². The summed E-state index contributed by atoms with van der Waals surface area (Å²) < 4.78 is 0. The van der Waals surface area contributed by atoms with Gasteiger partial charge in [0.2, 0.25) is 0 Å². The Labute approximate surface area is 96.1 Å². The van der Waals surface area contributed by atoms with Crippen molar-refractivity contribution in [3.63, 3.8) is 0 Å². The highest BCUT2D eigenvalue weighted by Gasteiger charge is 2.31. The number of aromatic nitrogens is 1. The Hall–Kier alpha value is -0.410. The van der Waals surface area contributed by atoms with Gasteiger partial charge in [0.25, 0.3) is 0 Å². The maximum absolute atomic E-state index is 4.35. The van der Waals surface area contributed by atoms with Crippen molar-refractivity contribution in [2.45, 2.75) is 52.1 Å². The van der Waals surface area contributed by atoms with E-state index >= 15 is 0 Å². The van der Waals surface area contributed by atoms with Crippen molar-refractivity contribution in [2.75, 3.05) is 0 Å². The Morgan fingerprint density at radius 2 is 2.40 bits per heavy atom. The van der Waals surface area contributed by atoms with Crippen LogP contribution in [0.2, 0.25) is 0 Å². The van der Waals surface area contributed by atoms with Gasteiger partial charge in [0.05, 0.1) is 11.2 Å². The summed E-state index contributed by atoms with van der Waals surface area (Å²) in [7, 11) is 0. The van der Waals surface area contributed by atoms with Crippen LogP contribution < -0.4 is 5.32 Å². The van der Waals surface area contributed by atoms with Crippen LogP contribution in [-0.2, 0) is 0 Å². The van der Waals surface area contributed by atoms with E-state index in [4.69, 9.17) is 0 Å². The molecule has 2 unspecified atom stereocenters. The van der Waals surface area contributed by atoms with Crippen molar-refractivity contribution in [1.29, 1.82) is 0 Å². The van der Waals surface area contributed by atoms with E-state index in [1.54, 1.807) is 11.3 Å². The summed E-state index contributed by atoms with van der Waals surface area (Å²) in [5, 5.41) is 5.82. The Kier molecular flexibility index (Phi) is 3.12. The van der Waals surface area contributed by atoms with Crippen LogP contribution in [0.3, 0.4) is 0 Å². The Balaban J connectivity index is 1.88. The van der Waals surface area contributed by atoms with Crippen LogP contribution in [0.25, 0.3) is 0 Å². The quantitative estimate of drug-likeness (QED) is 0.851. The fourth-order valence-electron chi connectivity index (χ4n) is 2.45. The monoisotopic (exact) mass is 224 g/mol. The van der Waals surface area contributed by atoms with E-state index in [1.807, 2.05) is 5.51 Å². The van der Waals surface area contributed by atoms with Gasteiger partial charge in [-0.05, 0) is 31.6 Å². The van der Waals surface area contributed by atoms with E-state index < -0.39 is 0 Å². The molecule has 2 atom stereocenters. The molecule has 1 fully saturated rings. The van der Waals surface area contributed by atoms with Gasteiger partial charge < -0.3 is 5.32 Å². The average molecular weight is 224 g/mol. The first-order valence-corrected chi connectivity index (χ1v) is 6.65. The second-order valence-electron chi connectivity index (χ2n) is 5.41. The predicted molar refractivity (Wildman–Crippen MR) is 65.1 cm³/mol. The molecule has 2 nitrogen and oxygen atoms in total. The largest absolute Gasteiger partial charge is 0.306 e. The molecule has 0 saturated heterocycles. The second-order valence-corrected chi connectivity index (χ2v) is 6.12. The molecule has 0 bridgehead atoms. The summed E-state index contributed by atoms with van der Waals surface area (Å²) >= 11 is 1.67. The molecule has 15 heavy (non-hydrogen) atoms. The number of hydrogen-bond donors (Lipinski definition) is 1. The van der Waals surface area contributed by atoms with Crippen molar-refractivity contribution in [3.8, 4) is 0 Å². The van der Waals surface area contributed by atoms with Gasteiger partial charge in [-0.15, -0.1) is 11.3 Å². The van der Waals surface area contributed by atoms with Gasteiger partial charge in [0.15, 0.2) is 0 Å². The predicted octanol–water partition coefficient (Wildman–Crippen LogP) is 3.37. The van der Waals surface area contributed by atoms with Crippen LogP contribution in [-0.4, -0.2) is 11.0 Å². The van der Waals surface area contributed by atoms with E-state index in [9.17, 15) is 0 Å². The lowest BCUT2D eigenvalue weighted by molar-refractivity contribution is 0.355. The fourth-order valence-corrected chi connectivity index (χ4v) is 3.10. The van der Waals surface area contributed by atoms with Gasteiger partial charge in [-0.3, -0.25) is 0 Å². The lowest BCUT2D eigenvalue weighted by Gasteiger charge is -2.20. The molecular formula is C12H20N2S. The molecule has 2 rings (SSSR count). The SMILES string of the molecule is CC(NC1CCC(C)(C)C1)c1cscn1. The first kappa shape index (κ1) is 11.1. The summed E-state index contributed by atoms with van der Waals surface area (Å²) in [4.78, 5) is 4.35. The number of nitrogens with one attached hydrogen (secondary N) is 1. The zero-order chi connectivity index (χ0) is 10.9. The molecule has 0 radical (unpaired) electrons. The molecule has 1 aromatic heterocycles. The molecule has 1 heterocycles. The van der Waals surface area contributed by atoms with Crippen LogP contribution in [0.4, 0.5) is 0 Å². The van der Waals surface area contributed by atoms with Gasteiger partial charge in [0, 0.05) is 17.5 Å². The maximum atomic E-state index is 4.35. The second kappa shape index (κ2) is 4.22. The van der Waals surface area contributed by atoms with Crippen molar-refractivity contribution in [1.82, 2.24) is 10.3 Å². The molecule has 3 heteroatoms. The van der Waals surface area contributed by atoms with Gasteiger partial charge in [-0.25, -0.2) is 4.98 Å². The normalized spacial score (nSPS) is 26.7. The molecule has 0 spiro atoms. The summed E-state index contributed by atoms with van der Waals surface area (Å²) in [6.45, 7) is 6.94. The zero-order valence-electron chi connectivity index (χ0n) is 9.79. The number of rotatable bonds is 3. The van der Waals surface area contributed by atoms with E-state index in [0.717, 1.165) is 0 Å². The van der Waals surface area contributed by atoms with E-state index in [1.165, 1.54) is 25.0 Å². The zero-order valence-corrected chi connectivity index (χ0v) is 10.6. The minimum Gasteiger partial charge on any atom is -0.306 e. The molecule has 84 valence electrons. The fraction of sp³-hybridized carbons (Fsp3) is 0.750. The summed E-state index contributed by atoms with van der Waals surface area (Å²) in [5.41, 5.74) is 3.62. The van der Waals surface area contributed by atoms with Gasteiger partial charge in [0.1, 0.15) is 0 Å². The van der Waals surface area contributed by atoms with Crippen molar-refractivity contribution < 1.29 is 0 Å². The number of hydrogen-bond acceptors (Lipinski definition) is 3. The molecule has 1 aliphatic rings. The lowest BCUT2D eigenvalue weighted by Crippen LogP contribution is -2.30. The third kappa shape index (κ3) is 2.79. The van der Waals surface area contributed by atoms with E-state index in [2.05, 4.69) is 36.5 Å². The van der Waals surface area contributed by atoms with E-state index in [0.29, 0.717) is 17.5 Å². The van der Waals surface area contributed by atoms with Gasteiger partial charge in [-0.2, -0.15) is 0 Å². The molecule has 0 aliphatic heterocycles. The molecule has 0 amide bonds. The highest BCUT2D eigenvalue weighted by atomic mass is 32.1. The van der Waals surface area contributed by atoms with Crippen LogP contribution in [0.15, 0.2) is 10.9 Å². The van der Waals surface area contributed by atoms with Gasteiger partial charge in [-0.1, -0.05) is 13.8 Å². The smallest absolute Gasteiger partial charge is 0.0795 e. The summed E-state index contributed by atoms with van der Waals surface area (Å²) in [6.07, 6.45) is 3.94. The van der Waals surface area contributed by atoms with Crippen molar-refractivity contribution in [2.24, 2.45) is 5.41 Å². The molecule has 1 aromatic rings. The molecule has 1 N–H and O–H groups in total. The number of nitrogens with zero attached hydrogens (tertiary/aromatic N) is 1. The average Bonchev–Trinajstić information content (AvgIpc) is 2.74. The first-order valence-electron chi connectivity index (χ1n) is 5.71. The number of thiazole rings is 1. The van der Waals surface area contributed by atoms with Crippen LogP contribution in [0, 0.1) is 5.41 Å². The van der Waals surface area contributed by atoms with Crippen LogP contribution in [0.1, 0.15) is 51.8 Å². The molecular weight excluding hydrogens is 204 g/mol. The Morgan fingerprint density at radius 1 is 1.60 bits per heavy atom. The Bertz CT molecular complexity index is 305. The van der Waals surface area contributed by atoms with Crippen LogP contribution in [0.5, 0.6) is 0 Å². The minimum atomic E-state index is 0.398. The molecule has 1 aliphatic carbocycles. The Morgan fingerprint density at radius 3 is 2.93 bits per heavy atom. The third-order valence-electron chi connectivity index (χ3n) is 3.35. The highest BCUT2D eigenvalue weighted by molar-refractivity contribution is 7.07. The molecule has 0 aromatic carbocycles. The minimum absolute atomic E-state index is 0.398.